The minimum absolute atomic E-state index is 0.264. The summed E-state index contributed by atoms with van der Waals surface area (Å²) in [4.78, 5) is 11.5. The highest BCUT2D eigenvalue weighted by atomic mass is 32.2. The quantitative estimate of drug-likeness (QED) is 0.443. The first-order valence-electron chi connectivity index (χ1n) is 8.55. The summed E-state index contributed by atoms with van der Waals surface area (Å²) >= 11 is 1.82. The summed E-state index contributed by atoms with van der Waals surface area (Å²) in [6.45, 7) is 9.14. The van der Waals surface area contributed by atoms with E-state index < -0.39 is 0 Å². The van der Waals surface area contributed by atoms with E-state index >= 15 is 0 Å². The molecule has 1 unspecified atom stereocenters. The Hall–Kier alpha value is -1.47. The SMILES string of the molecule is CCNC(=NCc1ccc(N2CCOC(C)C2)nc1)NCCSC. The number of morpholine rings is 1. The molecule has 1 atom stereocenters. The molecule has 1 saturated heterocycles. The van der Waals surface area contributed by atoms with E-state index in [0.717, 1.165) is 55.9 Å². The molecular formula is C17H29N5OS. The van der Waals surface area contributed by atoms with Crippen molar-refractivity contribution in [2.75, 3.05) is 49.7 Å². The minimum Gasteiger partial charge on any atom is -0.375 e. The van der Waals surface area contributed by atoms with Crippen LogP contribution in [0.1, 0.15) is 19.4 Å². The van der Waals surface area contributed by atoms with Gasteiger partial charge in [-0.3, -0.25) is 0 Å². The van der Waals surface area contributed by atoms with Crippen molar-refractivity contribution in [1.82, 2.24) is 15.6 Å². The number of guanidine groups is 1. The van der Waals surface area contributed by atoms with Gasteiger partial charge < -0.3 is 20.3 Å². The number of pyridine rings is 1. The zero-order chi connectivity index (χ0) is 17.2. The number of aliphatic imine (C=N–C) groups is 1. The summed E-state index contributed by atoms with van der Waals surface area (Å²) in [5, 5.41) is 6.60. The summed E-state index contributed by atoms with van der Waals surface area (Å²) < 4.78 is 5.58. The lowest BCUT2D eigenvalue weighted by atomic mass is 10.2. The third-order valence-electron chi connectivity index (χ3n) is 3.74. The van der Waals surface area contributed by atoms with Crippen molar-refractivity contribution in [3.05, 3.63) is 23.9 Å². The Morgan fingerprint density at radius 1 is 1.46 bits per heavy atom. The average Bonchev–Trinajstić information content (AvgIpc) is 2.60. The molecule has 7 heteroatoms. The van der Waals surface area contributed by atoms with Crippen LogP contribution in [0.5, 0.6) is 0 Å². The Kier molecular flexibility index (Phi) is 8.18. The number of hydrogen-bond donors (Lipinski definition) is 2. The molecule has 1 aliphatic rings. The van der Waals surface area contributed by atoms with Gasteiger partial charge in [0.2, 0.25) is 0 Å². The number of nitrogens with zero attached hydrogens (tertiary/aromatic N) is 3. The molecule has 1 aromatic heterocycles. The molecule has 0 saturated carbocycles. The van der Waals surface area contributed by atoms with E-state index in [2.05, 4.69) is 57.7 Å². The van der Waals surface area contributed by atoms with Crippen molar-refractivity contribution in [3.8, 4) is 0 Å². The third-order valence-corrected chi connectivity index (χ3v) is 4.35. The van der Waals surface area contributed by atoms with Gasteiger partial charge in [0.25, 0.3) is 0 Å². The van der Waals surface area contributed by atoms with E-state index in [4.69, 9.17) is 4.74 Å². The topological polar surface area (TPSA) is 61.8 Å². The van der Waals surface area contributed by atoms with E-state index in [-0.39, 0.29) is 6.10 Å². The Bertz CT molecular complexity index is 508. The van der Waals surface area contributed by atoms with Gasteiger partial charge >= 0.3 is 0 Å². The predicted octanol–water partition coefficient (Wildman–Crippen LogP) is 1.72. The van der Waals surface area contributed by atoms with E-state index in [9.17, 15) is 0 Å². The van der Waals surface area contributed by atoms with Gasteiger partial charge in [0, 0.05) is 38.1 Å². The van der Waals surface area contributed by atoms with Crippen LogP contribution < -0.4 is 15.5 Å². The van der Waals surface area contributed by atoms with E-state index in [1.807, 2.05) is 18.0 Å². The average molecular weight is 352 g/mol. The highest BCUT2D eigenvalue weighted by Crippen LogP contribution is 2.15. The fourth-order valence-corrected chi connectivity index (χ4v) is 2.81. The van der Waals surface area contributed by atoms with Crippen LogP contribution in [0.3, 0.4) is 0 Å². The van der Waals surface area contributed by atoms with Crippen molar-refractivity contribution in [2.45, 2.75) is 26.5 Å². The van der Waals surface area contributed by atoms with Gasteiger partial charge in [0.05, 0.1) is 19.3 Å². The first-order chi connectivity index (χ1) is 11.7. The fourth-order valence-electron chi connectivity index (χ4n) is 2.51. The number of hydrogen-bond acceptors (Lipinski definition) is 5. The highest BCUT2D eigenvalue weighted by molar-refractivity contribution is 7.98. The summed E-state index contributed by atoms with van der Waals surface area (Å²) in [5.41, 5.74) is 1.11. The van der Waals surface area contributed by atoms with E-state index in [1.54, 1.807) is 0 Å². The second kappa shape index (κ2) is 10.4. The lowest BCUT2D eigenvalue weighted by Gasteiger charge is -2.32. The second-order valence-corrected chi connectivity index (χ2v) is 6.75. The van der Waals surface area contributed by atoms with Gasteiger partial charge in [-0.25, -0.2) is 9.98 Å². The molecular weight excluding hydrogens is 322 g/mol. The van der Waals surface area contributed by atoms with Crippen LogP contribution in [0.2, 0.25) is 0 Å². The number of nitrogens with one attached hydrogen (secondary N) is 2. The van der Waals surface area contributed by atoms with E-state index in [0.29, 0.717) is 6.54 Å². The Morgan fingerprint density at radius 2 is 2.33 bits per heavy atom. The lowest BCUT2D eigenvalue weighted by molar-refractivity contribution is 0.0529. The van der Waals surface area contributed by atoms with Crippen molar-refractivity contribution in [1.29, 1.82) is 0 Å². The van der Waals surface area contributed by atoms with Crippen LogP contribution in [0.4, 0.5) is 5.82 Å². The van der Waals surface area contributed by atoms with Crippen LogP contribution >= 0.6 is 11.8 Å². The minimum atomic E-state index is 0.264. The molecule has 0 aromatic carbocycles. The van der Waals surface area contributed by atoms with Crippen LogP contribution in [0.25, 0.3) is 0 Å². The molecule has 2 rings (SSSR count). The van der Waals surface area contributed by atoms with Crippen LogP contribution in [0, 0.1) is 0 Å². The lowest BCUT2D eigenvalue weighted by Crippen LogP contribution is -2.41. The molecule has 1 fully saturated rings. The smallest absolute Gasteiger partial charge is 0.191 e. The van der Waals surface area contributed by atoms with Gasteiger partial charge in [-0.15, -0.1) is 0 Å². The summed E-state index contributed by atoms with van der Waals surface area (Å²) in [6, 6.07) is 4.19. The molecule has 1 aromatic rings. The molecule has 0 spiro atoms. The number of anilines is 1. The van der Waals surface area contributed by atoms with Gasteiger partial charge in [-0.05, 0) is 31.7 Å². The second-order valence-electron chi connectivity index (χ2n) is 5.77. The first-order valence-corrected chi connectivity index (χ1v) is 9.95. The molecule has 0 amide bonds. The van der Waals surface area contributed by atoms with Crippen molar-refractivity contribution in [3.63, 3.8) is 0 Å². The molecule has 6 nitrogen and oxygen atoms in total. The third kappa shape index (κ3) is 6.20. The van der Waals surface area contributed by atoms with E-state index in [1.165, 1.54) is 0 Å². The van der Waals surface area contributed by atoms with Crippen LogP contribution in [-0.4, -0.2) is 61.8 Å². The maximum atomic E-state index is 5.58. The highest BCUT2D eigenvalue weighted by Gasteiger charge is 2.17. The fraction of sp³-hybridized carbons (Fsp3) is 0.647. The van der Waals surface area contributed by atoms with Gasteiger partial charge in [-0.2, -0.15) is 11.8 Å². The first kappa shape index (κ1) is 18.9. The number of aromatic nitrogens is 1. The number of rotatable bonds is 7. The van der Waals surface area contributed by atoms with Crippen LogP contribution in [-0.2, 0) is 11.3 Å². The monoisotopic (exact) mass is 351 g/mol. The zero-order valence-corrected chi connectivity index (χ0v) is 15.7. The molecule has 0 radical (unpaired) electrons. The maximum absolute atomic E-state index is 5.58. The normalized spacial score (nSPS) is 18.5. The molecule has 2 heterocycles. The molecule has 134 valence electrons. The van der Waals surface area contributed by atoms with Gasteiger partial charge in [0.15, 0.2) is 5.96 Å². The summed E-state index contributed by atoms with van der Waals surface area (Å²) in [5.74, 6) is 2.94. The van der Waals surface area contributed by atoms with Crippen molar-refractivity contribution in [2.24, 2.45) is 4.99 Å². The summed E-state index contributed by atoms with van der Waals surface area (Å²) in [7, 11) is 0. The Labute approximate surface area is 149 Å². The number of thioether (sulfide) groups is 1. The largest absolute Gasteiger partial charge is 0.375 e. The van der Waals surface area contributed by atoms with Crippen molar-refractivity contribution < 1.29 is 4.74 Å². The van der Waals surface area contributed by atoms with Crippen LogP contribution in [0.15, 0.2) is 23.3 Å². The number of ether oxygens (including phenoxy) is 1. The zero-order valence-electron chi connectivity index (χ0n) is 14.9. The molecule has 24 heavy (non-hydrogen) atoms. The standard InChI is InChI=1S/C17H29N5OS/c1-4-18-17(19-7-10-24-3)21-12-15-5-6-16(20-11-15)22-8-9-23-14(2)13-22/h5-6,11,14H,4,7-10,12-13H2,1-3H3,(H2,18,19,21). The summed E-state index contributed by atoms with van der Waals surface area (Å²) in [6.07, 6.45) is 4.29. The molecule has 0 aliphatic carbocycles. The molecule has 0 bridgehead atoms. The Morgan fingerprint density at radius 3 is 3.00 bits per heavy atom. The van der Waals surface area contributed by atoms with Crippen molar-refractivity contribution >= 4 is 23.5 Å². The predicted molar refractivity (Wildman–Crippen MR) is 103 cm³/mol. The Balaban J connectivity index is 1.90. The molecule has 1 aliphatic heterocycles. The van der Waals surface area contributed by atoms with Gasteiger partial charge in [-0.1, -0.05) is 6.07 Å². The van der Waals surface area contributed by atoms with Gasteiger partial charge in [0.1, 0.15) is 5.82 Å². The molecule has 2 N–H and O–H groups in total. The maximum Gasteiger partial charge on any atom is 0.191 e.